The third kappa shape index (κ3) is 10.2. The van der Waals surface area contributed by atoms with E-state index < -0.39 is 17.0 Å². The first-order chi connectivity index (χ1) is 24.4. The fourth-order valence-corrected chi connectivity index (χ4v) is 7.30. The van der Waals surface area contributed by atoms with Crippen LogP contribution < -0.4 is 4.74 Å². The molecule has 2 aromatic rings. The Morgan fingerprint density at radius 1 is 0.962 bits per heavy atom. The van der Waals surface area contributed by atoms with Gasteiger partial charge in [-0.2, -0.15) is 0 Å². The largest absolute Gasteiger partial charge is 0.493 e. The number of rotatable bonds is 12. The summed E-state index contributed by atoms with van der Waals surface area (Å²) in [5.74, 6) is -0.446. The number of aryl methyl sites for hydroxylation is 1. The number of carbonyl (C=O) groups excluding carboxylic acids is 3. The molecule has 0 radical (unpaired) electrons. The number of halogens is 1. The number of carbonyl (C=O) groups is 3. The molecule has 4 rings (SSSR count). The molecule has 2 aromatic carbocycles. The Balaban J connectivity index is 1.70. The highest BCUT2D eigenvalue weighted by molar-refractivity contribution is 5.99. The first-order valence-electron chi connectivity index (χ1n) is 18.9. The van der Waals surface area contributed by atoms with Crippen molar-refractivity contribution in [1.29, 1.82) is 0 Å². The number of nitrogens with zero attached hydrogens (tertiary/aromatic N) is 3. The maximum Gasteiger partial charge on any atom is 0.410 e. The third-order valence-electron chi connectivity index (χ3n) is 10.1. The quantitative estimate of drug-likeness (QED) is 0.228. The van der Waals surface area contributed by atoms with Gasteiger partial charge in [-0.25, -0.2) is 9.18 Å². The van der Waals surface area contributed by atoms with Crippen molar-refractivity contribution in [2.24, 2.45) is 5.92 Å². The summed E-state index contributed by atoms with van der Waals surface area (Å²) in [7, 11) is 1.61. The summed E-state index contributed by atoms with van der Waals surface area (Å²) in [4.78, 5) is 46.6. The topological polar surface area (TPSA) is 109 Å². The molecule has 0 aromatic heterocycles. The van der Waals surface area contributed by atoms with Gasteiger partial charge in [0.25, 0.3) is 11.8 Å². The fourth-order valence-electron chi connectivity index (χ4n) is 7.30. The smallest absolute Gasteiger partial charge is 0.410 e. The average Bonchev–Trinajstić information content (AvgIpc) is 3.08. The summed E-state index contributed by atoms with van der Waals surface area (Å²) < 4.78 is 32.9. The maximum absolute atomic E-state index is 15.8. The van der Waals surface area contributed by atoms with E-state index in [0.717, 1.165) is 18.4 Å². The zero-order valence-electron chi connectivity index (χ0n) is 32.7. The van der Waals surface area contributed by atoms with E-state index >= 15 is 4.39 Å². The number of methoxy groups -OCH3 is 1. The van der Waals surface area contributed by atoms with Gasteiger partial charge in [-0.3, -0.25) is 9.59 Å². The Morgan fingerprint density at radius 2 is 1.65 bits per heavy atom. The molecule has 1 atom stereocenters. The van der Waals surface area contributed by atoms with Crippen LogP contribution in [0.3, 0.4) is 0 Å². The van der Waals surface area contributed by atoms with Gasteiger partial charge in [0.2, 0.25) is 0 Å². The number of amides is 3. The van der Waals surface area contributed by atoms with E-state index in [2.05, 4.69) is 0 Å². The van der Waals surface area contributed by atoms with Crippen molar-refractivity contribution in [1.82, 2.24) is 14.7 Å². The lowest BCUT2D eigenvalue weighted by Crippen LogP contribution is -2.54. The highest BCUT2D eigenvalue weighted by atomic mass is 19.1. The van der Waals surface area contributed by atoms with E-state index in [4.69, 9.17) is 14.2 Å². The molecular formula is C41H60FN3O7. The summed E-state index contributed by atoms with van der Waals surface area (Å²) in [6, 6.07) is 7.52. The van der Waals surface area contributed by atoms with E-state index in [1.165, 1.54) is 12.1 Å². The number of benzene rings is 2. The van der Waals surface area contributed by atoms with Gasteiger partial charge >= 0.3 is 6.09 Å². The Bertz CT molecular complexity index is 1560. The van der Waals surface area contributed by atoms with Gasteiger partial charge in [0.15, 0.2) is 0 Å². The van der Waals surface area contributed by atoms with Crippen LogP contribution in [0.1, 0.15) is 114 Å². The highest BCUT2D eigenvalue weighted by Crippen LogP contribution is 2.37. The summed E-state index contributed by atoms with van der Waals surface area (Å²) in [5.41, 5.74) is 0.774. The molecule has 0 saturated carbocycles. The third-order valence-corrected chi connectivity index (χ3v) is 10.1. The number of hydrogen-bond acceptors (Lipinski definition) is 7. The molecule has 52 heavy (non-hydrogen) atoms. The van der Waals surface area contributed by atoms with Crippen LogP contribution in [0.15, 0.2) is 30.3 Å². The lowest BCUT2D eigenvalue weighted by molar-refractivity contribution is -0.0108. The van der Waals surface area contributed by atoms with Gasteiger partial charge in [0.05, 0.1) is 18.2 Å². The minimum absolute atomic E-state index is 0.0977. The van der Waals surface area contributed by atoms with Crippen LogP contribution >= 0.6 is 0 Å². The lowest BCUT2D eigenvalue weighted by Gasteiger charge is -2.42. The Morgan fingerprint density at radius 3 is 2.25 bits per heavy atom. The number of ether oxygens (including phenoxy) is 3. The highest BCUT2D eigenvalue weighted by Gasteiger charge is 2.36. The lowest BCUT2D eigenvalue weighted by atomic mass is 9.83. The zero-order chi connectivity index (χ0) is 38.4. The Hall–Kier alpha value is -3.70. The molecule has 0 spiro atoms. The molecule has 2 aliphatic heterocycles. The summed E-state index contributed by atoms with van der Waals surface area (Å²) in [5, 5.41) is 10.5. The molecule has 1 unspecified atom stereocenters. The molecule has 3 amide bonds. The standard InChI is InChI=1S/C41H60FN3O7/c1-10-28-23-34(33-24-29(14-15-35(33)42)37(46)43-19-16-30(17-20-43)41(7,8)49)36(51-22-12-21-50-9)25-32(28)38(47)45(27(2)3)31-13-11-18-44(26-31)39(48)52-40(4,5)6/h14-15,23-25,27,30-31,49H,10-13,16-22,26H2,1-9H3. The molecule has 11 heteroatoms. The molecule has 2 heterocycles. The van der Waals surface area contributed by atoms with Crippen LogP contribution in [-0.4, -0.2) is 108 Å². The predicted octanol–water partition coefficient (Wildman–Crippen LogP) is 7.34. The second-order valence-electron chi connectivity index (χ2n) is 16.0. The van der Waals surface area contributed by atoms with E-state index in [-0.39, 0.29) is 48.1 Å². The molecule has 0 aliphatic carbocycles. The van der Waals surface area contributed by atoms with Crippen molar-refractivity contribution in [3.63, 3.8) is 0 Å². The van der Waals surface area contributed by atoms with Crippen molar-refractivity contribution in [3.05, 3.63) is 52.8 Å². The van der Waals surface area contributed by atoms with Gasteiger partial charge in [-0.1, -0.05) is 6.92 Å². The normalized spacial score (nSPS) is 17.3. The van der Waals surface area contributed by atoms with E-state index in [1.54, 1.807) is 42.9 Å². The summed E-state index contributed by atoms with van der Waals surface area (Å²) in [6.07, 6.45) is 3.53. The molecule has 0 bridgehead atoms. The maximum atomic E-state index is 15.8. The van der Waals surface area contributed by atoms with E-state index in [1.807, 2.05) is 52.5 Å². The molecule has 288 valence electrons. The first kappa shape index (κ1) is 41.1. The monoisotopic (exact) mass is 725 g/mol. The van der Waals surface area contributed by atoms with Crippen molar-refractivity contribution in [2.75, 3.05) is 46.5 Å². The molecular weight excluding hydrogens is 665 g/mol. The van der Waals surface area contributed by atoms with Crippen LogP contribution in [0.2, 0.25) is 0 Å². The van der Waals surface area contributed by atoms with Crippen LogP contribution in [-0.2, 0) is 15.9 Å². The van der Waals surface area contributed by atoms with Gasteiger partial charge in [-0.15, -0.1) is 0 Å². The van der Waals surface area contributed by atoms with Gasteiger partial charge < -0.3 is 34.0 Å². The molecule has 10 nitrogen and oxygen atoms in total. The van der Waals surface area contributed by atoms with Crippen molar-refractivity contribution in [2.45, 2.75) is 117 Å². The molecule has 2 fully saturated rings. The second-order valence-corrected chi connectivity index (χ2v) is 16.0. The van der Waals surface area contributed by atoms with Crippen LogP contribution in [0.4, 0.5) is 9.18 Å². The predicted molar refractivity (Wildman–Crippen MR) is 200 cm³/mol. The van der Waals surface area contributed by atoms with Crippen LogP contribution in [0, 0.1) is 11.7 Å². The fraction of sp³-hybridized carbons (Fsp3) is 0.634. The molecule has 2 saturated heterocycles. The average molecular weight is 726 g/mol. The minimum Gasteiger partial charge on any atom is -0.493 e. The van der Waals surface area contributed by atoms with E-state index in [0.29, 0.717) is 80.9 Å². The first-order valence-corrected chi connectivity index (χ1v) is 18.9. The van der Waals surface area contributed by atoms with Crippen molar-refractivity contribution < 1.29 is 38.1 Å². The summed E-state index contributed by atoms with van der Waals surface area (Å²) >= 11 is 0. The second kappa shape index (κ2) is 17.4. The number of likely N-dealkylation sites (tertiary alicyclic amines) is 2. The van der Waals surface area contributed by atoms with Crippen molar-refractivity contribution >= 4 is 17.9 Å². The van der Waals surface area contributed by atoms with Crippen LogP contribution in [0.25, 0.3) is 11.1 Å². The molecule has 2 aliphatic rings. The Labute approximate surface area is 309 Å². The number of aliphatic hydroxyl groups is 1. The van der Waals surface area contributed by atoms with Gasteiger partial charge in [0, 0.05) is 74.6 Å². The summed E-state index contributed by atoms with van der Waals surface area (Å²) in [6.45, 7) is 17.7. The molecule has 1 N–H and O–H groups in total. The van der Waals surface area contributed by atoms with E-state index in [9.17, 15) is 19.5 Å². The van der Waals surface area contributed by atoms with Crippen LogP contribution in [0.5, 0.6) is 5.75 Å². The van der Waals surface area contributed by atoms with Gasteiger partial charge in [-0.05, 0) is 122 Å². The SMILES string of the molecule is CCc1cc(-c2cc(C(=O)N3CCC(C(C)(C)O)CC3)ccc2F)c(OCCCOC)cc1C(=O)N(C(C)C)C1CCCN(C(=O)OC(C)(C)C)C1. The van der Waals surface area contributed by atoms with Crippen molar-refractivity contribution in [3.8, 4) is 16.9 Å². The number of piperidine rings is 2. The zero-order valence-corrected chi connectivity index (χ0v) is 32.7. The number of hydrogen-bond donors (Lipinski definition) is 1. The minimum atomic E-state index is -0.814. The Kier molecular flexibility index (Phi) is 13.8. The van der Waals surface area contributed by atoms with Gasteiger partial charge in [0.1, 0.15) is 17.2 Å².